The minimum atomic E-state index is 0.238. The quantitative estimate of drug-likeness (QED) is 0.566. The zero-order valence-corrected chi connectivity index (χ0v) is 5.88. The van der Waals surface area contributed by atoms with Crippen molar-refractivity contribution in [1.82, 2.24) is 5.32 Å². The smallest absolute Gasteiger partial charge is 0.0689 e. The molecule has 1 N–H and O–H groups in total. The van der Waals surface area contributed by atoms with Crippen molar-refractivity contribution in [3.63, 3.8) is 0 Å². The van der Waals surface area contributed by atoms with Crippen molar-refractivity contribution in [3.8, 4) is 0 Å². The second-order valence-corrected chi connectivity index (χ2v) is 2.17. The van der Waals surface area contributed by atoms with Crippen molar-refractivity contribution in [2.45, 2.75) is 6.04 Å². The Balaban J connectivity index is 2.59. The summed E-state index contributed by atoms with van der Waals surface area (Å²) in [6.07, 6.45) is 9.66. The topological polar surface area (TPSA) is 12.0 Å². The van der Waals surface area contributed by atoms with Gasteiger partial charge in [0, 0.05) is 0 Å². The Labute approximate surface area is 61.4 Å². The van der Waals surface area contributed by atoms with Crippen LogP contribution in [0, 0.1) is 0 Å². The molecule has 0 amide bonds. The Morgan fingerprint density at radius 1 is 1.50 bits per heavy atom. The van der Waals surface area contributed by atoms with Gasteiger partial charge in [-0.25, -0.2) is 0 Å². The van der Waals surface area contributed by atoms with Crippen molar-refractivity contribution in [1.29, 1.82) is 0 Å². The fourth-order valence-corrected chi connectivity index (χ4v) is 0.803. The Kier molecular flexibility index (Phi) is 2.11. The molecule has 0 aromatic rings. The van der Waals surface area contributed by atoms with E-state index in [4.69, 9.17) is 0 Å². The standard InChI is InChI=1S/C9H11N/c1-3-8(2)9-6-4-5-7-10-9/h3-7,9-10H,1-2H2. The molecule has 0 aromatic carbocycles. The van der Waals surface area contributed by atoms with Crippen molar-refractivity contribution in [3.05, 3.63) is 49.2 Å². The molecule has 1 aliphatic heterocycles. The number of hydrogen-bond acceptors (Lipinski definition) is 1. The summed E-state index contributed by atoms with van der Waals surface area (Å²) in [5.74, 6) is 0. The summed E-state index contributed by atoms with van der Waals surface area (Å²) >= 11 is 0. The molecule has 10 heavy (non-hydrogen) atoms. The Bertz CT molecular complexity index is 199. The second kappa shape index (κ2) is 3.06. The van der Waals surface area contributed by atoms with Gasteiger partial charge in [-0.1, -0.05) is 31.4 Å². The molecular formula is C9H11N. The summed E-state index contributed by atoms with van der Waals surface area (Å²) in [7, 11) is 0. The fourth-order valence-electron chi connectivity index (χ4n) is 0.803. The van der Waals surface area contributed by atoms with Gasteiger partial charge in [-0.3, -0.25) is 0 Å². The van der Waals surface area contributed by atoms with Crippen LogP contribution >= 0.6 is 0 Å². The summed E-state index contributed by atoms with van der Waals surface area (Å²) in [5, 5.41) is 3.13. The largest absolute Gasteiger partial charge is 0.381 e. The zero-order chi connectivity index (χ0) is 7.40. The first-order chi connectivity index (χ1) is 4.84. The first-order valence-electron chi connectivity index (χ1n) is 3.25. The van der Waals surface area contributed by atoms with Crippen LogP contribution in [0.15, 0.2) is 49.2 Å². The number of hydrogen-bond donors (Lipinski definition) is 1. The molecule has 1 nitrogen and oxygen atoms in total. The van der Waals surface area contributed by atoms with Gasteiger partial charge in [0.1, 0.15) is 0 Å². The molecule has 1 heteroatoms. The lowest BCUT2D eigenvalue weighted by molar-refractivity contribution is 0.804. The highest BCUT2D eigenvalue weighted by atomic mass is 14.9. The maximum absolute atomic E-state index is 3.83. The summed E-state index contributed by atoms with van der Waals surface area (Å²) in [5.41, 5.74) is 1.00. The van der Waals surface area contributed by atoms with Gasteiger partial charge in [-0.05, 0) is 17.8 Å². The van der Waals surface area contributed by atoms with Crippen molar-refractivity contribution in [2.75, 3.05) is 0 Å². The normalized spacial score (nSPS) is 21.8. The molecule has 0 saturated carbocycles. The zero-order valence-electron chi connectivity index (χ0n) is 5.88. The maximum Gasteiger partial charge on any atom is 0.0689 e. The molecular weight excluding hydrogens is 122 g/mol. The predicted octanol–water partition coefficient (Wildman–Crippen LogP) is 1.77. The van der Waals surface area contributed by atoms with Gasteiger partial charge in [0.05, 0.1) is 6.04 Å². The Morgan fingerprint density at radius 3 is 2.80 bits per heavy atom. The van der Waals surface area contributed by atoms with Gasteiger partial charge in [0.2, 0.25) is 0 Å². The molecule has 0 saturated heterocycles. The van der Waals surface area contributed by atoms with Crippen LogP contribution in [0.5, 0.6) is 0 Å². The van der Waals surface area contributed by atoms with Crippen LogP contribution in [0.25, 0.3) is 0 Å². The number of allylic oxidation sites excluding steroid dienone is 2. The first-order valence-corrected chi connectivity index (χ1v) is 3.25. The number of nitrogens with one attached hydrogen (secondary N) is 1. The summed E-state index contributed by atoms with van der Waals surface area (Å²) in [4.78, 5) is 0. The third-order valence-corrected chi connectivity index (χ3v) is 1.45. The average Bonchev–Trinajstić information content (AvgIpc) is 2.05. The summed E-state index contributed by atoms with van der Waals surface area (Å²) < 4.78 is 0. The van der Waals surface area contributed by atoms with E-state index in [-0.39, 0.29) is 6.04 Å². The first kappa shape index (κ1) is 6.87. The van der Waals surface area contributed by atoms with E-state index in [0.29, 0.717) is 0 Å². The monoisotopic (exact) mass is 133 g/mol. The van der Waals surface area contributed by atoms with Crippen LogP contribution < -0.4 is 5.32 Å². The van der Waals surface area contributed by atoms with E-state index in [1.807, 2.05) is 24.4 Å². The number of rotatable bonds is 2. The maximum atomic E-state index is 3.83. The highest BCUT2D eigenvalue weighted by Crippen LogP contribution is 2.04. The van der Waals surface area contributed by atoms with Gasteiger partial charge in [-0.2, -0.15) is 0 Å². The SMILES string of the molecule is C=CC(=C)C1C=CC=CN1. The third-order valence-electron chi connectivity index (χ3n) is 1.45. The van der Waals surface area contributed by atoms with Gasteiger partial charge in [-0.15, -0.1) is 0 Å². The van der Waals surface area contributed by atoms with E-state index in [2.05, 4.69) is 18.5 Å². The molecule has 52 valence electrons. The van der Waals surface area contributed by atoms with Crippen LogP contribution in [0.3, 0.4) is 0 Å². The molecule has 1 heterocycles. The molecule has 0 bridgehead atoms. The lowest BCUT2D eigenvalue weighted by Gasteiger charge is -2.15. The lowest BCUT2D eigenvalue weighted by atomic mass is 10.1. The second-order valence-electron chi connectivity index (χ2n) is 2.17. The highest BCUT2D eigenvalue weighted by Gasteiger charge is 2.03. The van der Waals surface area contributed by atoms with E-state index in [1.165, 1.54) is 0 Å². The molecule has 0 spiro atoms. The van der Waals surface area contributed by atoms with Gasteiger partial charge >= 0.3 is 0 Å². The van der Waals surface area contributed by atoms with Crippen molar-refractivity contribution in [2.24, 2.45) is 0 Å². The number of dihydropyridines is 1. The van der Waals surface area contributed by atoms with Crippen LogP contribution in [0.1, 0.15) is 0 Å². The Hall–Kier alpha value is -1.24. The highest BCUT2D eigenvalue weighted by molar-refractivity contribution is 5.29. The van der Waals surface area contributed by atoms with Crippen molar-refractivity contribution < 1.29 is 0 Å². The molecule has 0 aromatic heterocycles. The van der Waals surface area contributed by atoms with Crippen LogP contribution in [-0.4, -0.2) is 6.04 Å². The van der Waals surface area contributed by atoms with E-state index in [0.717, 1.165) is 5.57 Å². The van der Waals surface area contributed by atoms with Crippen molar-refractivity contribution >= 4 is 0 Å². The van der Waals surface area contributed by atoms with Crippen LogP contribution in [0.4, 0.5) is 0 Å². The molecule has 0 aliphatic carbocycles. The predicted molar refractivity (Wildman–Crippen MR) is 44.5 cm³/mol. The molecule has 1 atom stereocenters. The van der Waals surface area contributed by atoms with Gasteiger partial charge < -0.3 is 5.32 Å². The van der Waals surface area contributed by atoms with Gasteiger partial charge in [0.15, 0.2) is 0 Å². The van der Waals surface area contributed by atoms with E-state index in [1.54, 1.807) is 6.08 Å². The molecule has 0 radical (unpaired) electrons. The van der Waals surface area contributed by atoms with Gasteiger partial charge in [0.25, 0.3) is 0 Å². The Morgan fingerprint density at radius 2 is 2.30 bits per heavy atom. The average molecular weight is 133 g/mol. The summed E-state index contributed by atoms with van der Waals surface area (Å²) in [6.45, 7) is 7.47. The third kappa shape index (κ3) is 1.38. The minimum Gasteiger partial charge on any atom is -0.381 e. The van der Waals surface area contributed by atoms with Crippen LogP contribution in [-0.2, 0) is 0 Å². The molecule has 1 aliphatic rings. The fraction of sp³-hybridized carbons (Fsp3) is 0.111. The molecule has 1 unspecified atom stereocenters. The molecule has 1 rings (SSSR count). The minimum absolute atomic E-state index is 0.238. The van der Waals surface area contributed by atoms with Crippen LogP contribution in [0.2, 0.25) is 0 Å². The summed E-state index contributed by atoms with van der Waals surface area (Å²) in [6, 6.07) is 0.238. The van der Waals surface area contributed by atoms with E-state index >= 15 is 0 Å². The van der Waals surface area contributed by atoms with E-state index < -0.39 is 0 Å². The van der Waals surface area contributed by atoms with E-state index in [9.17, 15) is 0 Å². The lowest BCUT2D eigenvalue weighted by Crippen LogP contribution is -2.24. The molecule has 0 fully saturated rings.